The van der Waals surface area contributed by atoms with E-state index < -0.39 is 0 Å². The predicted octanol–water partition coefficient (Wildman–Crippen LogP) is 2.98. The number of hydrogen-bond acceptors (Lipinski definition) is 6. The van der Waals surface area contributed by atoms with Gasteiger partial charge in [0.25, 0.3) is 0 Å². The van der Waals surface area contributed by atoms with E-state index in [1.54, 1.807) is 0 Å². The summed E-state index contributed by atoms with van der Waals surface area (Å²) < 4.78 is 8.27. The molecule has 0 radical (unpaired) electrons. The highest BCUT2D eigenvalue weighted by Crippen LogP contribution is 2.19. The van der Waals surface area contributed by atoms with Crippen molar-refractivity contribution < 1.29 is 4.52 Å². The lowest BCUT2D eigenvalue weighted by atomic mass is 9.97. The molecule has 0 amide bonds. The third-order valence-electron chi connectivity index (χ3n) is 3.44. The van der Waals surface area contributed by atoms with Crippen LogP contribution in [0.25, 0.3) is 5.65 Å². The number of halogens is 1. The zero-order chi connectivity index (χ0) is 17.2. The minimum Gasteiger partial charge on any atom is -0.356 e. The fourth-order valence-corrected chi connectivity index (χ4v) is 2.50. The zero-order valence-electron chi connectivity index (χ0n) is 14.0. The van der Waals surface area contributed by atoms with E-state index in [2.05, 4.69) is 62.5 Å². The van der Waals surface area contributed by atoms with E-state index in [1.807, 2.05) is 28.9 Å². The summed E-state index contributed by atoms with van der Waals surface area (Å²) in [6.07, 6.45) is 4.65. The number of nitrogens with one attached hydrogen (secondary N) is 2. The van der Waals surface area contributed by atoms with Crippen LogP contribution in [-0.2, 0) is 11.8 Å². The van der Waals surface area contributed by atoms with Crippen LogP contribution >= 0.6 is 15.9 Å². The summed E-state index contributed by atoms with van der Waals surface area (Å²) in [6, 6.07) is 3.94. The van der Waals surface area contributed by atoms with Gasteiger partial charge in [0.1, 0.15) is 11.5 Å². The Balaban J connectivity index is 1.44. The van der Waals surface area contributed by atoms with Gasteiger partial charge in [0.2, 0.25) is 5.89 Å². The zero-order valence-corrected chi connectivity index (χ0v) is 15.6. The number of nitrogens with zero attached hydrogens (tertiary/aromatic N) is 4. The molecule has 2 N–H and O–H groups in total. The molecule has 3 aromatic heterocycles. The fourth-order valence-electron chi connectivity index (χ4n) is 2.15. The summed E-state index contributed by atoms with van der Waals surface area (Å²) >= 11 is 3.45. The van der Waals surface area contributed by atoms with Gasteiger partial charge in [-0.1, -0.05) is 25.9 Å². The van der Waals surface area contributed by atoms with Crippen LogP contribution in [0.2, 0.25) is 0 Å². The second-order valence-electron chi connectivity index (χ2n) is 6.61. The number of imidazole rings is 1. The second-order valence-corrected chi connectivity index (χ2v) is 7.52. The number of aromatic nitrogens is 4. The van der Waals surface area contributed by atoms with Gasteiger partial charge in [0.05, 0.1) is 12.9 Å². The fraction of sp³-hybridized carbons (Fsp3) is 0.438. The molecule has 0 bridgehead atoms. The van der Waals surface area contributed by atoms with Crippen molar-refractivity contribution in [2.75, 3.05) is 18.5 Å². The van der Waals surface area contributed by atoms with E-state index in [1.165, 1.54) is 0 Å². The molecule has 0 saturated heterocycles. The van der Waals surface area contributed by atoms with Crippen molar-refractivity contribution in [2.45, 2.75) is 32.6 Å². The van der Waals surface area contributed by atoms with Gasteiger partial charge in [-0.15, -0.1) is 0 Å². The maximum atomic E-state index is 5.28. The van der Waals surface area contributed by atoms with Gasteiger partial charge in [0.15, 0.2) is 5.82 Å². The smallest absolute Gasteiger partial charge is 0.232 e. The first kappa shape index (κ1) is 16.9. The van der Waals surface area contributed by atoms with Crippen molar-refractivity contribution in [3.8, 4) is 0 Å². The summed E-state index contributed by atoms with van der Waals surface area (Å²) in [4.78, 5) is 8.91. The molecule has 3 rings (SSSR count). The normalized spacial score (nSPS) is 12.0. The third kappa shape index (κ3) is 4.12. The number of rotatable bonds is 6. The van der Waals surface area contributed by atoms with E-state index in [-0.39, 0.29) is 5.41 Å². The van der Waals surface area contributed by atoms with Crippen molar-refractivity contribution >= 4 is 27.4 Å². The van der Waals surface area contributed by atoms with Gasteiger partial charge >= 0.3 is 0 Å². The molecule has 24 heavy (non-hydrogen) atoms. The Morgan fingerprint density at radius 1 is 1.21 bits per heavy atom. The van der Waals surface area contributed by atoms with Crippen LogP contribution in [0, 0.1) is 0 Å². The van der Waals surface area contributed by atoms with E-state index >= 15 is 0 Å². The second kappa shape index (κ2) is 6.90. The molecule has 0 unspecified atom stereocenters. The average molecular weight is 393 g/mol. The topological polar surface area (TPSA) is 80.3 Å². The van der Waals surface area contributed by atoms with Crippen LogP contribution in [0.15, 0.2) is 33.5 Å². The van der Waals surface area contributed by atoms with Gasteiger partial charge in [-0.3, -0.25) is 5.32 Å². The molecule has 0 spiro atoms. The molecule has 0 aliphatic rings. The van der Waals surface area contributed by atoms with E-state index in [0.29, 0.717) is 12.6 Å². The van der Waals surface area contributed by atoms with E-state index in [0.717, 1.165) is 34.7 Å². The number of hydrogen-bond donors (Lipinski definition) is 2. The molecule has 0 saturated carbocycles. The molecule has 0 aliphatic heterocycles. The summed E-state index contributed by atoms with van der Waals surface area (Å²) in [5.41, 5.74) is 0.792. The van der Waals surface area contributed by atoms with Crippen molar-refractivity contribution in [3.63, 3.8) is 0 Å². The van der Waals surface area contributed by atoms with E-state index in [4.69, 9.17) is 4.52 Å². The molecule has 7 nitrogen and oxygen atoms in total. The maximum Gasteiger partial charge on any atom is 0.232 e. The van der Waals surface area contributed by atoms with Crippen molar-refractivity contribution in [3.05, 3.63) is 40.7 Å². The third-order valence-corrected chi connectivity index (χ3v) is 3.91. The Labute approximate surface area is 149 Å². The van der Waals surface area contributed by atoms with Crippen molar-refractivity contribution in [1.82, 2.24) is 24.8 Å². The summed E-state index contributed by atoms with van der Waals surface area (Å²) in [6.45, 7) is 7.55. The first-order chi connectivity index (χ1) is 11.4. The van der Waals surface area contributed by atoms with Crippen LogP contribution in [-0.4, -0.2) is 32.7 Å². The first-order valence-corrected chi connectivity index (χ1v) is 8.63. The molecule has 128 valence electrons. The van der Waals surface area contributed by atoms with Crippen LogP contribution < -0.4 is 10.6 Å². The van der Waals surface area contributed by atoms with Gasteiger partial charge in [0, 0.05) is 29.1 Å². The Morgan fingerprint density at radius 2 is 2.04 bits per heavy atom. The minimum atomic E-state index is -0.113. The van der Waals surface area contributed by atoms with Crippen molar-refractivity contribution in [2.24, 2.45) is 0 Å². The predicted molar refractivity (Wildman–Crippen MR) is 96.1 cm³/mol. The van der Waals surface area contributed by atoms with Gasteiger partial charge < -0.3 is 14.2 Å². The summed E-state index contributed by atoms with van der Waals surface area (Å²) in [5, 5.41) is 10.6. The van der Waals surface area contributed by atoms with Crippen LogP contribution in [0.5, 0.6) is 0 Å². The average Bonchev–Trinajstić information content (AvgIpc) is 3.12. The maximum absolute atomic E-state index is 5.28. The molecular weight excluding hydrogens is 372 g/mol. The standard InChI is InChI=1S/C16H21BrN6O/c1-16(2,3)15-21-12(22-24-15)6-7-18-10-19-13-9-23-8-11(17)4-5-14(23)20-13/h4-5,8-9,18-19H,6-7,10H2,1-3H3. The molecule has 3 heterocycles. The highest BCUT2D eigenvalue weighted by atomic mass is 79.9. The van der Waals surface area contributed by atoms with Gasteiger partial charge in [-0.25, -0.2) is 4.98 Å². The Morgan fingerprint density at radius 3 is 2.79 bits per heavy atom. The summed E-state index contributed by atoms with van der Waals surface area (Å²) in [7, 11) is 0. The highest BCUT2D eigenvalue weighted by molar-refractivity contribution is 9.10. The number of anilines is 1. The van der Waals surface area contributed by atoms with Crippen LogP contribution in [0.3, 0.4) is 0 Å². The van der Waals surface area contributed by atoms with Crippen LogP contribution in [0.4, 0.5) is 5.82 Å². The molecular formula is C16H21BrN6O. The number of fused-ring (bicyclic) bond motifs is 1. The first-order valence-electron chi connectivity index (χ1n) is 7.84. The lowest BCUT2D eigenvalue weighted by Crippen LogP contribution is -2.24. The lowest BCUT2D eigenvalue weighted by molar-refractivity contribution is 0.318. The Bertz CT molecular complexity index is 819. The Kier molecular flexibility index (Phi) is 4.86. The van der Waals surface area contributed by atoms with Gasteiger partial charge in [-0.2, -0.15) is 4.98 Å². The molecule has 0 fully saturated rings. The van der Waals surface area contributed by atoms with Gasteiger partial charge in [-0.05, 0) is 28.1 Å². The molecule has 8 heteroatoms. The minimum absolute atomic E-state index is 0.113. The molecule has 0 atom stereocenters. The SMILES string of the molecule is CC(C)(C)c1nc(CCNCNc2cn3cc(Br)ccc3n2)no1. The molecule has 3 aromatic rings. The van der Waals surface area contributed by atoms with E-state index in [9.17, 15) is 0 Å². The molecule has 0 aliphatic carbocycles. The monoisotopic (exact) mass is 392 g/mol. The van der Waals surface area contributed by atoms with Crippen molar-refractivity contribution in [1.29, 1.82) is 0 Å². The lowest BCUT2D eigenvalue weighted by Gasteiger charge is -2.10. The quantitative estimate of drug-likeness (QED) is 0.495. The molecule has 0 aromatic carbocycles. The largest absolute Gasteiger partial charge is 0.356 e. The summed E-state index contributed by atoms with van der Waals surface area (Å²) in [5.74, 6) is 2.23. The number of pyridine rings is 1. The van der Waals surface area contributed by atoms with Crippen LogP contribution in [0.1, 0.15) is 32.5 Å². The highest BCUT2D eigenvalue weighted by Gasteiger charge is 2.21. The Hall–Kier alpha value is -1.93.